The van der Waals surface area contributed by atoms with E-state index in [1.54, 1.807) is 11.6 Å². The zero-order valence-corrected chi connectivity index (χ0v) is 13.7. The molecule has 3 rings (SSSR count). The van der Waals surface area contributed by atoms with E-state index >= 15 is 0 Å². The number of halogens is 3. The van der Waals surface area contributed by atoms with Gasteiger partial charge in [0, 0.05) is 16.0 Å². The van der Waals surface area contributed by atoms with Crippen molar-refractivity contribution in [2.45, 2.75) is 6.04 Å². The van der Waals surface area contributed by atoms with Gasteiger partial charge in [-0.1, -0.05) is 44.9 Å². The number of hydrogen-bond donors (Lipinski definition) is 1. The molecule has 1 unspecified atom stereocenters. The van der Waals surface area contributed by atoms with Crippen molar-refractivity contribution in [2.24, 2.45) is 4.99 Å². The summed E-state index contributed by atoms with van der Waals surface area (Å²) in [6, 6.07) is 4.04. The second-order valence-electron chi connectivity index (χ2n) is 4.28. The second-order valence-corrected chi connectivity index (χ2v) is 6.08. The SMILES string of the molecule is Fc1ccc(C2C=C(CBr)NC(c3nncs3)=N2)c(Cl)c1. The van der Waals surface area contributed by atoms with E-state index in [1.165, 1.54) is 23.5 Å². The van der Waals surface area contributed by atoms with Crippen LogP contribution in [-0.2, 0) is 0 Å². The summed E-state index contributed by atoms with van der Waals surface area (Å²) in [5.41, 5.74) is 3.34. The summed E-state index contributed by atoms with van der Waals surface area (Å²) < 4.78 is 13.2. The lowest BCUT2D eigenvalue weighted by Crippen LogP contribution is -2.29. The summed E-state index contributed by atoms with van der Waals surface area (Å²) in [4.78, 5) is 4.59. The smallest absolute Gasteiger partial charge is 0.182 e. The highest BCUT2D eigenvalue weighted by molar-refractivity contribution is 9.09. The molecular weight excluding hydrogens is 379 g/mol. The molecule has 1 N–H and O–H groups in total. The van der Waals surface area contributed by atoms with E-state index in [2.05, 4.69) is 36.4 Å². The Hall–Kier alpha value is -1.31. The van der Waals surface area contributed by atoms with Crippen molar-refractivity contribution in [1.29, 1.82) is 0 Å². The van der Waals surface area contributed by atoms with Crippen molar-refractivity contribution in [3.8, 4) is 0 Å². The van der Waals surface area contributed by atoms with Gasteiger partial charge < -0.3 is 5.32 Å². The van der Waals surface area contributed by atoms with Crippen molar-refractivity contribution in [2.75, 3.05) is 5.33 Å². The van der Waals surface area contributed by atoms with Crippen molar-refractivity contribution < 1.29 is 4.39 Å². The largest absolute Gasteiger partial charge is 0.341 e. The molecule has 0 bridgehead atoms. The van der Waals surface area contributed by atoms with Crippen molar-refractivity contribution in [3.05, 3.63) is 56.9 Å². The van der Waals surface area contributed by atoms with Crippen LogP contribution in [0.1, 0.15) is 16.6 Å². The predicted molar refractivity (Wildman–Crippen MR) is 85.6 cm³/mol. The number of alkyl halides is 1. The molecule has 0 saturated carbocycles. The Bertz CT molecular complexity index is 717. The molecule has 0 amide bonds. The van der Waals surface area contributed by atoms with Crippen molar-refractivity contribution in [1.82, 2.24) is 15.5 Å². The van der Waals surface area contributed by atoms with Gasteiger partial charge in [-0.25, -0.2) is 4.39 Å². The summed E-state index contributed by atoms with van der Waals surface area (Å²) in [5, 5.41) is 12.7. The van der Waals surface area contributed by atoms with Crippen LogP contribution in [0.15, 0.2) is 40.5 Å². The molecule has 0 radical (unpaired) electrons. The van der Waals surface area contributed by atoms with Gasteiger partial charge >= 0.3 is 0 Å². The van der Waals surface area contributed by atoms with Crippen molar-refractivity contribution >= 4 is 44.7 Å². The van der Waals surface area contributed by atoms with Crippen LogP contribution < -0.4 is 5.32 Å². The average Bonchev–Trinajstić information content (AvgIpc) is 3.01. The molecule has 0 fully saturated rings. The molecule has 2 heterocycles. The van der Waals surface area contributed by atoms with Crippen LogP contribution in [0.2, 0.25) is 5.02 Å². The highest BCUT2D eigenvalue weighted by Crippen LogP contribution is 2.30. The van der Waals surface area contributed by atoms with Crippen LogP contribution in [0, 0.1) is 5.82 Å². The first-order valence-electron chi connectivity index (χ1n) is 6.00. The first-order valence-corrected chi connectivity index (χ1v) is 8.38. The fourth-order valence-corrected chi connectivity index (χ4v) is 3.07. The fraction of sp³-hybridized carbons (Fsp3) is 0.154. The van der Waals surface area contributed by atoms with Crippen LogP contribution in [-0.4, -0.2) is 21.4 Å². The maximum atomic E-state index is 13.2. The molecule has 8 heteroatoms. The lowest BCUT2D eigenvalue weighted by Gasteiger charge is -2.21. The fourth-order valence-electron chi connectivity index (χ4n) is 1.96. The number of hydrogen-bond acceptors (Lipinski definition) is 5. The minimum Gasteiger partial charge on any atom is -0.341 e. The number of allylic oxidation sites excluding steroid dienone is 1. The molecule has 0 spiro atoms. The standard InChI is InChI=1S/C13H9BrClFN4S/c14-5-8-4-11(9-2-1-7(16)3-10(9)15)19-12(18-8)13-20-17-6-21-13/h1-4,6,11H,5H2,(H,18,19). The Labute approximate surface area is 137 Å². The number of rotatable bonds is 3. The van der Waals surface area contributed by atoms with Crippen molar-refractivity contribution in [3.63, 3.8) is 0 Å². The second kappa shape index (κ2) is 6.21. The molecule has 108 valence electrons. The maximum Gasteiger partial charge on any atom is 0.182 e. The van der Waals surface area contributed by atoms with E-state index in [-0.39, 0.29) is 11.9 Å². The number of amidine groups is 1. The molecule has 1 aromatic heterocycles. The molecule has 1 aromatic carbocycles. The summed E-state index contributed by atoms with van der Waals surface area (Å²) in [7, 11) is 0. The van der Waals surface area contributed by atoms with Crippen LogP contribution in [0.3, 0.4) is 0 Å². The molecule has 0 saturated heterocycles. The quantitative estimate of drug-likeness (QED) is 0.817. The molecule has 2 aromatic rings. The van der Waals surface area contributed by atoms with Gasteiger partial charge in [0.15, 0.2) is 10.8 Å². The third-order valence-corrected chi connectivity index (χ3v) is 4.52. The lowest BCUT2D eigenvalue weighted by molar-refractivity contribution is 0.626. The monoisotopic (exact) mass is 386 g/mol. The van der Waals surface area contributed by atoms with E-state index in [1.807, 2.05) is 6.08 Å². The number of aromatic nitrogens is 2. The number of aliphatic imine (C=N–C) groups is 1. The van der Waals surface area contributed by atoms with E-state index in [9.17, 15) is 4.39 Å². The van der Waals surface area contributed by atoms with Gasteiger partial charge in [-0.2, -0.15) is 0 Å². The van der Waals surface area contributed by atoms with Gasteiger partial charge in [-0.3, -0.25) is 4.99 Å². The summed E-state index contributed by atoms with van der Waals surface area (Å²) in [6.45, 7) is 0. The molecule has 1 atom stereocenters. The first kappa shape index (κ1) is 14.6. The van der Waals surface area contributed by atoms with Crippen LogP contribution in [0.4, 0.5) is 4.39 Å². The average molecular weight is 388 g/mol. The molecule has 21 heavy (non-hydrogen) atoms. The molecule has 4 nitrogen and oxygen atoms in total. The topological polar surface area (TPSA) is 50.2 Å². The Balaban J connectivity index is 2.02. The first-order chi connectivity index (χ1) is 10.2. The molecular formula is C13H9BrClFN4S. The molecule has 1 aliphatic rings. The third-order valence-electron chi connectivity index (χ3n) is 2.89. The summed E-state index contributed by atoms with van der Waals surface area (Å²) >= 11 is 10.9. The zero-order valence-electron chi connectivity index (χ0n) is 10.6. The molecule has 1 aliphatic heterocycles. The van der Waals surface area contributed by atoms with Gasteiger partial charge in [0.05, 0.1) is 6.04 Å². The Morgan fingerprint density at radius 2 is 2.29 bits per heavy atom. The summed E-state index contributed by atoms with van der Waals surface area (Å²) in [6.07, 6.45) is 1.94. The number of benzene rings is 1. The van der Waals surface area contributed by atoms with E-state index in [0.717, 1.165) is 11.3 Å². The van der Waals surface area contributed by atoms with Gasteiger partial charge in [0.25, 0.3) is 0 Å². The Morgan fingerprint density at radius 3 is 2.95 bits per heavy atom. The van der Waals surface area contributed by atoms with E-state index in [0.29, 0.717) is 21.2 Å². The van der Waals surface area contributed by atoms with Gasteiger partial charge in [0.1, 0.15) is 11.3 Å². The van der Waals surface area contributed by atoms with E-state index in [4.69, 9.17) is 11.6 Å². The van der Waals surface area contributed by atoms with Gasteiger partial charge in [0.2, 0.25) is 0 Å². The Kier molecular flexibility index (Phi) is 4.32. The molecule has 0 aliphatic carbocycles. The zero-order chi connectivity index (χ0) is 14.8. The summed E-state index contributed by atoms with van der Waals surface area (Å²) in [5.74, 6) is 0.274. The Morgan fingerprint density at radius 1 is 1.43 bits per heavy atom. The van der Waals surface area contributed by atoms with Gasteiger partial charge in [-0.15, -0.1) is 10.2 Å². The highest BCUT2D eigenvalue weighted by atomic mass is 79.9. The minimum atomic E-state index is -0.365. The van der Waals surface area contributed by atoms with E-state index < -0.39 is 0 Å². The van der Waals surface area contributed by atoms with Crippen LogP contribution >= 0.6 is 38.9 Å². The number of nitrogens with one attached hydrogen (secondary N) is 1. The highest BCUT2D eigenvalue weighted by Gasteiger charge is 2.21. The number of nitrogens with zero attached hydrogens (tertiary/aromatic N) is 3. The van der Waals surface area contributed by atoms with Gasteiger partial charge in [-0.05, 0) is 23.8 Å². The maximum absolute atomic E-state index is 13.2. The minimum absolute atomic E-state index is 0.286. The predicted octanol–water partition coefficient (Wildman–Crippen LogP) is 3.70. The normalized spacial score (nSPS) is 18.0. The lowest BCUT2D eigenvalue weighted by atomic mass is 10.0. The third kappa shape index (κ3) is 3.14. The van der Waals surface area contributed by atoms with Crippen LogP contribution in [0.5, 0.6) is 0 Å². The van der Waals surface area contributed by atoms with Crippen LogP contribution in [0.25, 0.3) is 0 Å².